The number of para-hydroxylation sites is 3. The summed E-state index contributed by atoms with van der Waals surface area (Å²) in [6.07, 6.45) is 0. The van der Waals surface area contributed by atoms with Gasteiger partial charge in [0.05, 0.1) is 56.4 Å². The first-order chi connectivity index (χ1) is 27.7. The van der Waals surface area contributed by atoms with Crippen molar-refractivity contribution < 1.29 is 4.42 Å². The summed E-state index contributed by atoms with van der Waals surface area (Å²) in [6, 6.07) is 61.5. The van der Waals surface area contributed by atoms with E-state index in [1.807, 2.05) is 42.5 Å². The largest absolute Gasteiger partial charge is 0.456 e. The maximum absolute atomic E-state index is 9.71. The Morgan fingerprint density at radius 1 is 0.321 bits per heavy atom. The molecule has 0 radical (unpaired) electrons. The van der Waals surface area contributed by atoms with Crippen LogP contribution in [0, 0.1) is 22.7 Å². The highest BCUT2D eigenvalue weighted by Gasteiger charge is 2.20. The van der Waals surface area contributed by atoms with Crippen molar-refractivity contribution in [2.45, 2.75) is 0 Å². The third-order valence-corrected chi connectivity index (χ3v) is 11.5. The SMILES string of the molecule is N#Cc1ccc2c(c1)c1cc(C#N)ccc1n2-c1ccc2oc3ccc(-n4c5ccccc5c5cc6c(cc54)c4ccccc4n6-c4ccccc4)cc3c2c1. The Labute approximate surface area is 319 Å². The van der Waals surface area contributed by atoms with E-state index in [2.05, 4.69) is 147 Å². The Morgan fingerprint density at radius 3 is 1.27 bits per heavy atom. The van der Waals surface area contributed by atoms with Gasteiger partial charge in [0.1, 0.15) is 11.2 Å². The molecule has 258 valence electrons. The highest BCUT2D eigenvalue weighted by molar-refractivity contribution is 6.19. The van der Waals surface area contributed by atoms with Crippen molar-refractivity contribution in [3.05, 3.63) is 175 Å². The molecule has 6 heteroatoms. The molecule has 0 amide bonds. The Morgan fingerprint density at radius 2 is 0.750 bits per heavy atom. The molecule has 12 rings (SSSR count). The minimum absolute atomic E-state index is 0.579. The Balaban J connectivity index is 1.10. The lowest BCUT2D eigenvalue weighted by Gasteiger charge is -2.10. The highest BCUT2D eigenvalue weighted by atomic mass is 16.3. The van der Waals surface area contributed by atoms with Crippen molar-refractivity contribution in [2.24, 2.45) is 0 Å². The van der Waals surface area contributed by atoms with Gasteiger partial charge in [0, 0.05) is 60.2 Å². The molecule has 0 bridgehead atoms. The average Bonchev–Trinajstić information content (AvgIpc) is 3.98. The molecule has 8 aromatic carbocycles. The quantitative estimate of drug-likeness (QED) is 0.183. The molecule has 0 saturated heterocycles. The van der Waals surface area contributed by atoms with Crippen molar-refractivity contribution in [3.63, 3.8) is 0 Å². The summed E-state index contributed by atoms with van der Waals surface area (Å²) in [6.45, 7) is 0. The van der Waals surface area contributed by atoms with Crippen LogP contribution >= 0.6 is 0 Å². The van der Waals surface area contributed by atoms with Crippen molar-refractivity contribution in [1.82, 2.24) is 13.7 Å². The topological polar surface area (TPSA) is 75.5 Å². The number of aromatic nitrogens is 3. The Bertz CT molecular complexity index is 3660. The molecule has 0 aliphatic carbocycles. The molecule has 0 unspecified atom stereocenters. The first-order valence-electron chi connectivity index (χ1n) is 18.5. The van der Waals surface area contributed by atoms with E-state index in [9.17, 15) is 10.5 Å². The lowest BCUT2D eigenvalue weighted by Crippen LogP contribution is -1.95. The third kappa shape index (κ3) is 4.13. The number of hydrogen-bond donors (Lipinski definition) is 0. The number of fused-ring (bicyclic) bond motifs is 12. The van der Waals surface area contributed by atoms with Crippen LogP contribution < -0.4 is 0 Å². The van der Waals surface area contributed by atoms with Gasteiger partial charge in [-0.05, 0) is 109 Å². The van der Waals surface area contributed by atoms with E-state index < -0.39 is 0 Å². The molecule has 6 nitrogen and oxygen atoms in total. The lowest BCUT2D eigenvalue weighted by atomic mass is 10.1. The molecule has 0 saturated carbocycles. The highest BCUT2D eigenvalue weighted by Crippen LogP contribution is 2.41. The van der Waals surface area contributed by atoms with E-state index in [-0.39, 0.29) is 0 Å². The fourth-order valence-electron chi connectivity index (χ4n) is 9.04. The molecule has 4 aromatic heterocycles. The monoisotopic (exact) mass is 713 g/mol. The zero-order chi connectivity index (χ0) is 37.1. The van der Waals surface area contributed by atoms with E-state index in [1.165, 1.54) is 32.6 Å². The van der Waals surface area contributed by atoms with Gasteiger partial charge in [-0.3, -0.25) is 0 Å². The second kappa shape index (κ2) is 11.2. The molecule has 0 aliphatic heterocycles. The van der Waals surface area contributed by atoms with Gasteiger partial charge < -0.3 is 18.1 Å². The number of hydrogen-bond acceptors (Lipinski definition) is 3. The van der Waals surface area contributed by atoms with Crippen LogP contribution in [0.1, 0.15) is 11.1 Å². The minimum Gasteiger partial charge on any atom is -0.456 e. The number of benzene rings is 8. The Kier molecular flexibility index (Phi) is 6.10. The van der Waals surface area contributed by atoms with E-state index >= 15 is 0 Å². The van der Waals surface area contributed by atoms with Crippen molar-refractivity contribution >= 4 is 87.4 Å². The van der Waals surface area contributed by atoms with Gasteiger partial charge in [-0.2, -0.15) is 10.5 Å². The van der Waals surface area contributed by atoms with Gasteiger partial charge in [0.2, 0.25) is 0 Å². The summed E-state index contributed by atoms with van der Waals surface area (Å²) >= 11 is 0. The van der Waals surface area contributed by atoms with Crippen LogP contribution in [0.5, 0.6) is 0 Å². The summed E-state index contributed by atoms with van der Waals surface area (Å²) in [5, 5.41) is 28.1. The average molecular weight is 714 g/mol. The summed E-state index contributed by atoms with van der Waals surface area (Å²) in [4.78, 5) is 0. The van der Waals surface area contributed by atoms with Crippen LogP contribution in [0.25, 0.3) is 104 Å². The van der Waals surface area contributed by atoms with E-state index in [1.54, 1.807) is 0 Å². The van der Waals surface area contributed by atoms with Gasteiger partial charge in [-0.15, -0.1) is 0 Å². The number of nitrogens with zero attached hydrogens (tertiary/aromatic N) is 5. The summed E-state index contributed by atoms with van der Waals surface area (Å²) < 4.78 is 13.4. The van der Waals surface area contributed by atoms with Crippen molar-refractivity contribution in [3.8, 4) is 29.2 Å². The zero-order valence-electron chi connectivity index (χ0n) is 29.7. The number of furan rings is 1. The third-order valence-electron chi connectivity index (χ3n) is 11.5. The van der Waals surface area contributed by atoms with Gasteiger partial charge in [-0.1, -0.05) is 54.6 Å². The fourth-order valence-corrected chi connectivity index (χ4v) is 9.04. The number of nitriles is 2. The molecular formula is C50H27N5O. The second-order valence-electron chi connectivity index (χ2n) is 14.4. The summed E-state index contributed by atoms with van der Waals surface area (Å²) in [5.41, 5.74) is 12.5. The molecule has 12 aromatic rings. The molecular weight excluding hydrogens is 687 g/mol. The standard InChI is InChI=1S/C50H27N5O/c51-28-30-14-18-45-37(22-30)38-23-31(29-52)15-19-46(38)54(45)33-16-20-49-41(24-33)42-25-34(17-21-50(42)56-49)55-44-13-7-5-11-36(44)40-26-47-39(27-48(40)55)35-10-4-6-12-43(35)53(47)32-8-2-1-3-9-32/h1-27H. The minimum atomic E-state index is 0.579. The van der Waals surface area contributed by atoms with Crippen LogP contribution in [0.3, 0.4) is 0 Å². The van der Waals surface area contributed by atoms with Crippen LogP contribution in [-0.2, 0) is 0 Å². The molecule has 4 heterocycles. The van der Waals surface area contributed by atoms with E-state index in [0.717, 1.165) is 71.8 Å². The predicted molar refractivity (Wildman–Crippen MR) is 226 cm³/mol. The fraction of sp³-hybridized carbons (Fsp3) is 0. The van der Waals surface area contributed by atoms with Crippen molar-refractivity contribution in [1.29, 1.82) is 10.5 Å². The van der Waals surface area contributed by atoms with Crippen LogP contribution in [0.2, 0.25) is 0 Å². The zero-order valence-corrected chi connectivity index (χ0v) is 29.7. The Hall–Kier alpha value is -8.06. The normalized spacial score (nSPS) is 11.9. The molecule has 0 atom stereocenters. The van der Waals surface area contributed by atoms with Gasteiger partial charge in [0.15, 0.2) is 0 Å². The van der Waals surface area contributed by atoms with Gasteiger partial charge in [0.25, 0.3) is 0 Å². The van der Waals surface area contributed by atoms with E-state index in [4.69, 9.17) is 4.42 Å². The maximum Gasteiger partial charge on any atom is 0.135 e. The first-order valence-corrected chi connectivity index (χ1v) is 18.5. The molecule has 0 N–H and O–H groups in total. The first kappa shape index (κ1) is 30.4. The van der Waals surface area contributed by atoms with Gasteiger partial charge >= 0.3 is 0 Å². The maximum atomic E-state index is 9.71. The summed E-state index contributed by atoms with van der Waals surface area (Å²) in [7, 11) is 0. The van der Waals surface area contributed by atoms with Crippen LogP contribution in [0.15, 0.2) is 168 Å². The van der Waals surface area contributed by atoms with Gasteiger partial charge in [-0.25, -0.2) is 0 Å². The molecule has 0 fully saturated rings. The lowest BCUT2D eigenvalue weighted by molar-refractivity contribution is 0.669. The van der Waals surface area contributed by atoms with Crippen LogP contribution in [0.4, 0.5) is 0 Å². The molecule has 56 heavy (non-hydrogen) atoms. The molecule has 0 spiro atoms. The number of rotatable bonds is 3. The van der Waals surface area contributed by atoms with Crippen LogP contribution in [-0.4, -0.2) is 13.7 Å². The smallest absolute Gasteiger partial charge is 0.135 e. The second-order valence-corrected chi connectivity index (χ2v) is 14.4. The van der Waals surface area contributed by atoms with E-state index in [0.29, 0.717) is 11.1 Å². The summed E-state index contributed by atoms with van der Waals surface area (Å²) in [5.74, 6) is 0. The predicted octanol–water partition coefficient (Wildman–Crippen LogP) is 12.6. The molecule has 0 aliphatic rings. The van der Waals surface area contributed by atoms with Crippen molar-refractivity contribution in [2.75, 3.05) is 0 Å².